The summed E-state index contributed by atoms with van der Waals surface area (Å²) < 4.78 is 5.59. The van der Waals surface area contributed by atoms with E-state index in [2.05, 4.69) is 60.5 Å². The van der Waals surface area contributed by atoms with Gasteiger partial charge in [0.15, 0.2) is 5.11 Å². The first kappa shape index (κ1) is 19.6. The number of benzene rings is 3. The van der Waals surface area contributed by atoms with Gasteiger partial charge in [-0.15, -0.1) is 0 Å². The molecule has 3 aromatic rings. The zero-order valence-electron chi connectivity index (χ0n) is 15.9. The van der Waals surface area contributed by atoms with Crippen molar-refractivity contribution in [1.82, 2.24) is 5.32 Å². The molecule has 1 atom stereocenters. The van der Waals surface area contributed by atoms with E-state index < -0.39 is 0 Å². The molecule has 3 rings (SSSR count). The van der Waals surface area contributed by atoms with E-state index in [9.17, 15) is 0 Å². The van der Waals surface area contributed by atoms with Crippen molar-refractivity contribution in [2.24, 2.45) is 0 Å². The maximum Gasteiger partial charge on any atom is 0.171 e. The average molecular weight is 389 g/mol. The van der Waals surface area contributed by atoms with E-state index >= 15 is 0 Å². The number of anilines is 1. The zero-order chi connectivity index (χ0) is 19.8. The summed E-state index contributed by atoms with van der Waals surface area (Å²) in [5, 5.41) is 7.26. The Balaban J connectivity index is 1.77. The van der Waals surface area contributed by atoms with Gasteiger partial charge in [-0.2, -0.15) is 0 Å². The van der Waals surface area contributed by atoms with Crippen LogP contribution in [0.15, 0.2) is 91.5 Å². The molecular weight excluding hydrogens is 364 g/mol. The SMILES string of the molecule is C=CCOc1cccc(NC(=S)N[C@H](c2ccccc2)c2cccc(C)c2)c1. The Morgan fingerprint density at radius 2 is 1.75 bits per heavy atom. The number of thiocarbonyl (C=S) groups is 1. The molecule has 0 radical (unpaired) electrons. The van der Waals surface area contributed by atoms with Gasteiger partial charge in [0.05, 0.1) is 6.04 Å². The molecule has 0 saturated carbocycles. The maximum atomic E-state index is 5.60. The molecule has 0 heterocycles. The lowest BCUT2D eigenvalue weighted by molar-refractivity contribution is 0.363. The summed E-state index contributed by atoms with van der Waals surface area (Å²) >= 11 is 5.60. The molecule has 0 spiro atoms. The highest BCUT2D eigenvalue weighted by Crippen LogP contribution is 2.23. The third kappa shape index (κ3) is 5.44. The van der Waals surface area contributed by atoms with Crippen LogP contribution in [0.25, 0.3) is 0 Å². The first-order chi connectivity index (χ1) is 13.7. The fourth-order valence-corrected chi connectivity index (χ4v) is 3.21. The van der Waals surface area contributed by atoms with Gasteiger partial charge in [0.1, 0.15) is 12.4 Å². The third-order valence-corrected chi connectivity index (χ3v) is 4.46. The van der Waals surface area contributed by atoms with Gasteiger partial charge in [-0.3, -0.25) is 0 Å². The second-order valence-corrected chi connectivity index (χ2v) is 6.89. The van der Waals surface area contributed by atoms with Crippen LogP contribution >= 0.6 is 12.2 Å². The zero-order valence-corrected chi connectivity index (χ0v) is 16.7. The summed E-state index contributed by atoms with van der Waals surface area (Å²) in [4.78, 5) is 0. The standard InChI is InChI=1S/C24H24N2OS/c1-3-15-27-22-14-8-13-21(17-22)25-24(28)26-23(19-10-5-4-6-11-19)20-12-7-9-18(2)16-20/h3-14,16-17,23H,1,15H2,2H3,(H2,25,26,28)/t23-/m1/s1. The molecule has 0 amide bonds. The van der Waals surface area contributed by atoms with E-state index in [0.29, 0.717) is 11.7 Å². The summed E-state index contributed by atoms with van der Waals surface area (Å²) in [7, 11) is 0. The lowest BCUT2D eigenvalue weighted by Gasteiger charge is -2.22. The highest BCUT2D eigenvalue weighted by atomic mass is 32.1. The van der Waals surface area contributed by atoms with Gasteiger partial charge in [0, 0.05) is 11.8 Å². The van der Waals surface area contributed by atoms with Crippen LogP contribution in [0.5, 0.6) is 5.75 Å². The van der Waals surface area contributed by atoms with Crippen LogP contribution in [-0.4, -0.2) is 11.7 Å². The molecule has 3 nitrogen and oxygen atoms in total. The Morgan fingerprint density at radius 1 is 1.00 bits per heavy atom. The molecule has 3 aromatic carbocycles. The number of aryl methyl sites for hydroxylation is 1. The summed E-state index contributed by atoms with van der Waals surface area (Å²) in [6.45, 7) is 6.23. The van der Waals surface area contributed by atoms with Crippen LogP contribution < -0.4 is 15.4 Å². The van der Waals surface area contributed by atoms with Gasteiger partial charge in [0.25, 0.3) is 0 Å². The van der Waals surface area contributed by atoms with Crippen LogP contribution in [0.4, 0.5) is 5.69 Å². The van der Waals surface area contributed by atoms with Crippen molar-refractivity contribution in [3.05, 3.63) is 108 Å². The van der Waals surface area contributed by atoms with E-state index in [0.717, 1.165) is 17.0 Å². The normalized spacial score (nSPS) is 11.3. The summed E-state index contributed by atoms with van der Waals surface area (Å²) in [5.41, 5.74) is 4.40. The van der Waals surface area contributed by atoms with Crippen LogP contribution in [-0.2, 0) is 0 Å². The molecule has 0 unspecified atom stereocenters. The average Bonchev–Trinajstić information content (AvgIpc) is 2.71. The second-order valence-electron chi connectivity index (χ2n) is 6.48. The highest BCUT2D eigenvalue weighted by molar-refractivity contribution is 7.80. The minimum Gasteiger partial charge on any atom is -0.489 e. The first-order valence-corrected chi connectivity index (χ1v) is 9.59. The predicted octanol–water partition coefficient (Wildman–Crippen LogP) is 5.64. The fourth-order valence-electron chi connectivity index (χ4n) is 2.97. The van der Waals surface area contributed by atoms with Crippen LogP contribution in [0.2, 0.25) is 0 Å². The van der Waals surface area contributed by atoms with Gasteiger partial charge in [-0.05, 0) is 42.4 Å². The van der Waals surface area contributed by atoms with Crippen LogP contribution in [0.3, 0.4) is 0 Å². The van der Waals surface area contributed by atoms with E-state index in [1.807, 2.05) is 42.5 Å². The summed E-state index contributed by atoms with van der Waals surface area (Å²) in [6, 6.07) is 26.4. The molecule has 0 aromatic heterocycles. The fraction of sp³-hybridized carbons (Fsp3) is 0.125. The van der Waals surface area contributed by atoms with Gasteiger partial charge >= 0.3 is 0 Å². The molecule has 0 fully saturated rings. The summed E-state index contributed by atoms with van der Waals surface area (Å²) in [5.74, 6) is 0.769. The molecule has 0 bridgehead atoms. The first-order valence-electron chi connectivity index (χ1n) is 9.18. The smallest absolute Gasteiger partial charge is 0.171 e. The molecule has 4 heteroatoms. The monoisotopic (exact) mass is 388 g/mol. The Bertz CT molecular complexity index is 940. The number of ether oxygens (including phenoxy) is 1. The molecular formula is C24H24N2OS. The van der Waals surface area contributed by atoms with E-state index in [1.54, 1.807) is 6.08 Å². The Kier molecular flexibility index (Phi) is 6.82. The van der Waals surface area contributed by atoms with Crippen LogP contribution in [0, 0.1) is 6.92 Å². The van der Waals surface area contributed by atoms with Gasteiger partial charge in [-0.1, -0.05) is 78.9 Å². The molecule has 0 aliphatic carbocycles. The van der Waals surface area contributed by atoms with E-state index in [4.69, 9.17) is 17.0 Å². The van der Waals surface area contributed by atoms with Crippen molar-refractivity contribution >= 4 is 23.0 Å². The van der Waals surface area contributed by atoms with E-state index in [-0.39, 0.29) is 6.04 Å². The number of hydrogen-bond donors (Lipinski definition) is 2. The highest BCUT2D eigenvalue weighted by Gasteiger charge is 2.15. The topological polar surface area (TPSA) is 33.3 Å². The number of rotatable bonds is 7. The summed E-state index contributed by atoms with van der Waals surface area (Å²) in [6.07, 6.45) is 1.72. The van der Waals surface area contributed by atoms with Crippen molar-refractivity contribution in [2.45, 2.75) is 13.0 Å². The Morgan fingerprint density at radius 3 is 2.50 bits per heavy atom. The van der Waals surface area contributed by atoms with Crippen molar-refractivity contribution < 1.29 is 4.74 Å². The molecule has 0 saturated heterocycles. The molecule has 28 heavy (non-hydrogen) atoms. The van der Waals surface area contributed by atoms with Gasteiger partial charge in [0.2, 0.25) is 0 Å². The minimum atomic E-state index is -0.0405. The molecule has 0 aliphatic heterocycles. The Labute approximate surface area is 172 Å². The molecule has 142 valence electrons. The van der Waals surface area contributed by atoms with Crippen molar-refractivity contribution in [3.63, 3.8) is 0 Å². The van der Waals surface area contributed by atoms with Crippen molar-refractivity contribution in [2.75, 3.05) is 11.9 Å². The number of hydrogen-bond acceptors (Lipinski definition) is 2. The molecule has 0 aliphatic rings. The van der Waals surface area contributed by atoms with Gasteiger partial charge in [-0.25, -0.2) is 0 Å². The lowest BCUT2D eigenvalue weighted by atomic mass is 9.97. The van der Waals surface area contributed by atoms with Gasteiger partial charge < -0.3 is 15.4 Å². The van der Waals surface area contributed by atoms with Crippen molar-refractivity contribution in [1.29, 1.82) is 0 Å². The second kappa shape index (κ2) is 9.72. The largest absolute Gasteiger partial charge is 0.489 e. The molecule has 2 N–H and O–H groups in total. The minimum absolute atomic E-state index is 0.0405. The van der Waals surface area contributed by atoms with Crippen LogP contribution in [0.1, 0.15) is 22.7 Å². The predicted molar refractivity (Wildman–Crippen MR) is 121 cm³/mol. The van der Waals surface area contributed by atoms with Crippen molar-refractivity contribution in [3.8, 4) is 5.75 Å². The van der Waals surface area contributed by atoms with E-state index in [1.165, 1.54) is 11.1 Å². The Hall–Kier alpha value is -3.11. The maximum absolute atomic E-state index is 5.60. The quantitative estimate of drug-likeness (QED) is 0.406. The third-order valence-electron chi connectivity index (χ3n) is 4.24. The lowest BCUT2D eigenvalue weighted by Crippen LogP contribution is -2.33. The number of nitrogens with one attached hydrogen (secondary N) is 2.